The number of hydrogen-bond donors (Lipinski definition) is 2. The van der Waals surface area contributed by atoms with Crippen LogP contribution in [0.15, 0.2) is 42.5 Å². The Morgan fingerprint density at radius 3 is 2.63 bits per heavy atom. The molecule has 2 aliphatic heterocycles. The second-order valence-corrected chi connectivity index (χ2v) is 8.66. The van der Waals surface area contributed by atoms with Gasteiger partial charge in [-0.15, -0.1) is 0 Å². The van der Waals surface area contributed by atoms with Gasteiger partial charge in [-0.3, -0.25) is 4.90 Å². The van der Waals surface area contributed by atoms with E-state index in [1.807, 2.05) is 12.1 Å². The third-order valence-corrected chi connectivity index (χ3v) is 6.24. The Morgan fingerprint density at radius 1 is 1.00 bits per heavy atom. The summed E-state index contributed by atoms with van der Waals surface area (Å²) in [5.41, 5.74) is 5.82. The van der Waals surface area contributed by atoms with E-state index in [1.165, 1.54) is 11.1 Å². The Labute approximate surface area is 182 Å². The molecule has 2 N–H and O–H groups in total. The molecule has 6 heteroatoms. The zero-order chi connectivity index (χ0) is 20.3. The van der Waals surface area contributed by atoms with E-state index in [9.17, 15) is 0 Å². The molecule has 0 bridgehead atoms. The van der Waals surface area contributed by atoms with Gasteiger partial charge < -0.3 is 19.8 Å². The highest BCUT2D eigenvalue weighted by atomic mass is 35.5. The summed E-state index contributed by atoms with van der Waals surface area (Å²) >= 11 is 6.44. The number of rotatable bonds is 5. The van der Waals surface area contributed by atoms with E-state index < -0.39 is 0 Å². The predicted molar refractivity (Wildman–Crippen MR) is 122 cm³/mol. The zero-order valence-electron chi connectivity index (χ0n) is 17.1. The van der Waals surface area contributed by atoms with Crippen LogP contribution in [0.25, 0.3) is 22.2 Å². The number of anilines is 1. The van der Waals surface area contributed by atoms with Gasteiger partial charge in [0, 0.05) is 55.0 Å². The minimum absolute atomic E-state index is 0.420. The van der Waals surface area contributed by atoms with Crippen LogP contribution in [0.5, 0.6) is 0 Å². The first kappa shape index (κ1) is 19.9. The average molecular weight is 426 g/mol. The number of H-pyrrole nitrogens is 1. The number of nitrogens with zero attached hydrogens (tertiary/aromatic N) is 1. The first-order chi connectivity index (χ1) is 14.7. The number of nitrogens with one attached hydrogen (secondary N) is 2. The third kappa shape index (κ3) is 4.49. The molecule has 0 spiro atoms. The Kier molecular flexibility index (Phi) is 5.95. The maximum absolute atomic E-state index is 6.44. The van der Waals surface area contributed by atoms with Crippen LogP contribution in [0.3, 0.4) is 0 Å². The number of aromatic nitrogens is 1. The van der Waals surface area contributed by atoms with E-state index in [-0.39, 0.29) is 0 Å². The smallest absolute Gasteiger partial charge is 0.0695 e. The van der Waals surface area contributed by atoms with Gasteiger partial charge in [0.15, 0.2) is 0 Å². The molecule has 0 unspecified atom stereocenters. The summed E-state index contributed by atoms with van der Waals surface area (Å²) in [5, 5.41) is 5.56. The lowest BCUT2D eigenvalue weighted by Gasteiger charge is -2.26. The van der Waals surface area contributed by atoms with E-state index in [1.54, 1.807) is 0 Å². The Morgan fingerprint density at radius 2 is 1.80 bits per heavy atom. The highest BCUT2D eigenvalue weighted by Gasteiger charge is 2.17. The minimum Gasteiger partial charge on any atom is -0.381 e. The van der Waals surface area contributed by atoms with Gasteiger partial charge in [0.25, 0.3) is 0 Å². The molecular formula is C24H28ClN3O2. The summed E-state index contributed by atoms with van der Waals surface area (Å²) in [6.45, 7) is 6.23. The largest absolute Gasteiger partial charge is 0.381 e. The van der Waals surface area contributed by atoms with E-state index in [0.717, 1.165) is 86.2 Å². The number of fused-ring (bicyclic) bond motifs is 1. The molecule has 30 heavy (non-hydrogen) atoms. The monoisotopic (exact) mass is 425 g/mol. The number of halogens is 1. The molecular weight excluding hydrogens is 398 g/mol. The van der Waals surface area contributed by atoms with Crippen LogP contribution in [-0.2, 0) is 16.0 Å². The number of morpholine rings is 1. The van der Waals surface area contributed by atoms with Crippen molar-refractivity contribution in [1.82, 2.24) is 9.88 Å². The summed E-state index contributed by atoms with van der Waals surface area (Å²) in [5.74, 6) is 0. The van der Waals surface area contributed by atoms with Crippen molar-refractivity contribution < 1.29 is 9.47 Å². The summed E-state index contributed by atoms with van der Waals surface area (Å²) in [6, 6.07) is 15.5. The Hall–Kier alpha value is -2.05. The molecule has 158 valence electrons. The van der Waals surface area contributed by atoms with E-state index in [2.05, 4.69) is 45.5 Å². The van der Waals surface area contributed by atoms with Crippen molar-refractivity contribution in [3.8, 4) is 11.3 Å². The first-order valence-corrected chi connectivity index (χ1v) is 11.2. The fourth-order valence-corrected chi connectivity index (χ4v) is 4.62. The van der Waals surface area contributed by atoms with Gasteiger partial charge in [-0.2, -0.15) is 0 Å². The molecule has 2 aliphatic rings. The van der Waals surface area contributed by atoms with Crippen molar-refractivity contribution in [1.29, 1.82) is 0 Å². The van der Waals surface area contributed by atoms with Crippen LogP contribution in [0.2, 0.25) is 5.02 Å². The van der Waals surface area contributed by atoms with Gasteiger partial charge in [0.1, 0.15) is 0 Å². The van der Waals surface area contributed by atoms with Crippen LogP contribution >= 0.6 is 11.6 Å². The Balaban J connectivity index is 1.42. The van der Waals surface area contributed by atoms with Gasteiger partial charge in [-0.1, -0.05) is 29.8 Å². The second-order valence-electron chi connectivity index (χ2n) is 8.22. The lowest BCUT2D eigenvalue weighted by molar-refractivity contribution is 0.0342. The molecule has 3 aromatic rings. The van der Waals surface area contributed by atoms with Crippen molar-refractivity contribution in [3.63, 3.8) is 0 Å². The van der Waals surface area contributed by atoms with Crippen molar-refractivity contribution in [2.75, 3.05) is 44.8 Å². The maximum atomic E-state index is 6.44. The van der Waals surface area contributed by atoms with Crippen LogP contribution in [0.4, 0.5) is 5.69 Å². The van der Waals surface area contributed by atoms with Gasteiger partial charge in [-0.25, -0.2) is 0 Å². The van der Waals surface area contributed by atoms with E-state index in [0.29, 0.717) is 6.04 Å². The van der Waals surface area contributed by atoms with Crippen molar-refractivity contribution >= 4 is 28.2 Å². The summed E-state index contributed by atoms with van der Waals surface area (Å²) < 4.78 is 11.0. The van der Waals surface area contributed by atoms with Crippen molar-refractivity contribution in [3.05, 3.63) is 53.1 Å². The number of aromatic amines is 1. The molecule has 5 nitrogen and oxygen atoms in total. The van der Waals surface area contributed by atoms with Gasteiger partial charge >= 0.3 is 0 Å². The van der Waals surface area contributed by atoms with Crippen LogP contribution in [0.1, 0.15) is 18.4 Å². The fraction of sp³-hybridized carbons (Fsp3) is 0.417. The lowest BCUT2D eigenvalue weighted by atomic mass is 10.1. The molecule has 2 fully saturated rings. The zero-order valence-corrected chi connectivity index (χ0v) is 17.9. The standard InChI is InChI=1S/C24H28ClN3O2/c25-20-13-19-14-22(27-24(19)23(15-20)26-21-4-8-29-9-5-21)18-3-1-2-17(12-18)16-28-6-10-30-11-7-28/h1-3,12-15,21,26-27H,4-11,16H2. The second kappa shape index (κ2) is 8.98. The van der Waals surface area contributed by atoms with Gasteiger partial charge in [-0.05, 0) is 48.2 Å². The predicted octanol–water partition coefficient (Wildman–Crippen LogP) is 4.91. The SMILES string of the molecule is Clc1cc(NC2CCOCC2)c2[nH]c(-c3cccc(CN4CCOCC4)c3)cc2c1. The highest BCUT2D eigenvalue weighted by Crippen LogP contribution is 2.33. The molecule has 5 rings (SSSR count). The molecule has 1 aromatic heterocycles. The normalized spacial score (nSPS) is 18.7. The van der Waals surface area contributed by atoms with Gasteiger partial charge in [0.05, 0.1) is 24.4 Å². The molecule has 0 saturated carbocycles. The van der Waals surface area contributed by atoms with Crippen LogP contribution < -0.4 is 5.32 Å². The molecule has 0 amide bonds. The summed E-state index contributed by atoms with van der Waals surface area (Å²) in [7, 11) is 0. The maximum Gasteiger partial charge on any atom is 0.0695 e. The molecule has 0 atom stereocenters. The van der Waals surface area contributed by atoms with Crippen LogP contribution in [0, 0.1) is 0 Å². The first-order valence-electron chi connectivity index (χ1n) is 10.8. The topological polar surface area (TPSA) is 49.5 Å². The highest BCUT2D eigenvalue weighted by molar-refractivity contribution is 6.32. The molecule has 0 aliphatic carbocycles. The van der Waals surface area contributed by atoms with E-state index >= 15 is 0 Å². The van der Waals surface area contributed by atoms with E-state index in [4.69, 9.17) is 21.1 Å². The number of hydrogen-bond acceptors (Lipinski definition) is 4. The number of ether oxygens (including phenoxy) is 2. The fourth-order valence-electron chi connectivity index (χ4n) is 4.39. The number of benzene rings is 2. The van der Waals surface area contributed by atoms with Gasteiger partial charge in [0.2, 0.25) is 0 Å². The third-order valence-electron chi connectivity index (χ3n) is 6.02. The lowest BCUT2D eigenvalue weighted by Crippen LogP contribution is -2.35. The molecule has 0 radical (unpaired) electrons. The van der Waals surface area contributed by atoms with Crippen molar-refractivity contribution in [2.24, 2.45) is 0 Å². The minimum atomic E-state index is 0.420. The summed E-state index contributed by atoms with van der Waals surface area (Å²) in [6.07, 6.45) is 2.04. The Bertz CT molecular complexity index is 1010. The van der Waals surface area contributed by atoms with Crippen LogP contribution in [-0.4, -0.2) is 55.4 Å². The molecule has 3 heterocycles. The average Bonchev–Trinajstić information content (AvgIpc) is 3.20. The molecule has 2 saturated heterocycles. The molecule has 2 aromatic carbocycles. The van der Waals surface area contributed by atoms with Crippen molar-refractivity contribution in [2.45, 2.75) is 25.4 Å². The quantitative estimate of drug-likeness (QED) is 0.609. The summed E-state index contributed by atoms with van der Waals surface area (Å²) in [4.78, 5) is 6.09.